The van der Waals surface area contributed by atoms with Gasteiger partial charge in [-0.25, -0.2) is 4.79 Å². The molecule has 190 valence electrons. The molecule has 0 aliphatic carbocycles. The fourth-order valence-corrected chi connectivity index (χ4v) is 5.60. The average Bonchev–Trinajstić information content (AvgIpc) is 3.16. The summed E-state index contributed by atoms with van der Waals surface area (Å²) in [5.74, 6) is 1.00. The summed E-state index contributed by atoms with van der Waals surface area (Å²) in [7, 11) is 0. The Morgan fingerprint density at radius 2 is 1.89 bits per heavy atom. The maximum atomic E-state index is 13.6. The third-order valence-corrected chi connectivity index (χ3v) is 7.43. The first kappa shape index (κ1) is 24.1. The number of ether oxygens (including phenoxy) is 2. The number of carbonyl (C=O) groups is 3. The lowest BCUT2D eigenvalue weighted by atomic mass is 9.74. The number of carbonyl (C=O) groups excluding carboxylic acids is 3. The lowest BCUT2D eigenvalue weighted by Gasteiger charge is -2.41. The molecule has 0 radical (unpaired) electrons. The number of pyridine rings is 1. The SMILES string of the molecule is CCC[C@@]1(C2CCN(C(=O)c3ccc4c(c3)OCCO4)CC2)NC(=O)N(CCc2ccccn2)C1=O. The van der Waals surface area contributed by atoms with Crippen LogP contribution < -0.4 is 14.8 Å². The van der Waals surface area contributed by atoms with E-state index in [1.54, 1.807) is 24.4 Å². The lowest BCUT2D eigenvalue weighted by Crippen LogP contribution is -2.56. The van der Waals surface area contributed by atoms with Gasteiger partial charge >= 0.3 is 6.03 Å². The van der Waals surface area contributed by atoms with Crippen molar-refractivity contribution in [2.24, 2.45) is 5.92 Å². The molecule has 2 fully saturated rings. The van der Waals surface area contributed by atoms with E-state index in [4.69, 9.17) is 9.47 Å². The maximum absolute atomic E-state index is 13.6. The minimum Gasteiger partial charge on any atom is -0.486 e. The van der Waals surface area contributed by atoms with E-state index in [1.165, 1.54) is 4.90 Å². The van der Waals surface area contributed by atoms with Crippen LogP contribution in [0, 0.1) is 5.92 Å². The monoisotopic (exact) mass is 492 g/mol. The number of imide groups is 1. The number of nitrogens with zero attached hydrogens (tertiary/aromatic N) is 3. The van der Waals surface area contributed by atoms with E-state index in [0.29, 0.717) is 75.6 Å². The molecule has 0 bridgehead atoms. The molecule has 0 spiro atoms. The highest BCUT2D eigenvalue weighted by molar-refractivity contribution is 6.07. The summed E-state index contributed by atoms with van der Waals surface area (Å²) in [5, 5.41) is 3.07. The third kappa shape index (κ3) is 4.50. The van der Waals surface area contributed by atoms with E-state index in [-0.39, 0.29) is 23.8 Å². The number of likely N-dealkylation sites (tertiary alicyclic amines) is 1. The van der Waals surface area contributed by atoms with Crippen molar-refractivity contribution in [3.63, 3.8) is 0 Å². The molecule has 1 aromatic carbocycles. The second-order valence-electron chi connectivity index (χ2n) is 9.60. The van der Waals surface area contributed by atoms with Gasteiger partial charge in [0, 0.05) is 43.5 Å². The van der Waals surface area contributed by atoms with Crippen LogP contribution in [0.15, 0.2) is 42.6 Å². The predicted octanol–water partition coefficient (Wildman–Crippen LogP) is 3.04. The zero-order valence-corrected chi connectivity index (χ0v) is 20.6. The minimum absolute atomic E-state index is 0.0296. The van der Waals surface area contributed by atoms with Crippen LogP contribution in [0.3, 0.4) is 0 Å². The quantitative estimate of drug-likeness (QED) is 0.597. The Morgan fingerprint density at radius 3 is 2.61 bits per heavy atom. The standard InChI is InChI=1S/C27H32N4O5/c1-2-11-27(25(33)31(26(34)29-27)15-10-21-5-3-4-12-28-21)20-8-13-30(14-9-20)24(32)19-6-7-22-23(18-19)36-17-16-35-22/h3-7,12,18,20H,2,8-11,13-17H2,1H3,(H,29,34)/t27-/m0/s1. The van der Waals surface area contributed by atoms with Crippen LogP contribution in [-0.4, -0.2) is 71.0 Å². The van der Waals surface area contributed by atoms with Crippen LogP contribution in [0.25, 0.3) is 0 Å². The Balaban J connectivity index is 1.25. The van der Waals surface area contributed by atoms with Crippen molar-refractivity contribution in [3.8, 4) is 11.5 Å². The Bertz CT molecular complexity index is 1130. The van der Waals surface area contributed by atoms with E-state index in [1.807, 2.05) is 30.0 Å². The smallest absolute Gasteiger partial charge is 0.325 e. The number of aromatic nitrogens is 1. The van der Waals surface area contributed by atoms with Gasteiger partial charge in [-0.1, -0.05) is 19.4 Å². The molecule has 5 rings (SSSR count). The molecule has 2 saturated heterocycles. The molecule has 9 heteroatoms. The number of benzene rings is 1. The molecule has 2 aromatic rings. The highest BCUT2D eigenvalue weighted by atomic mass is 16.6. The van der Waals surface area contributed by atoms with Crippen LogP contribution in [0.2, 0.25) is 0 Å². The van der Waals surface area contributed by atoms with Gasteiger partial charge < -0.3 is 19.7 Å². The van der Waals surface area contributed by atoms with Gasteiger partial charge in [0.25, 0.3) is 11.8 Å². The van der Waals surface area contributed by atoms with Crippen LogP contribution >= 0.6 is 0 Å². The van der Waals surface area contributed by atoms with Crippen LogP contribution in [-0.2, 0) is 11.2 Å². The number of rotatable bonds is 7. The van der Waals surface area contributed by atoms with E-state index in [2.05, 4.69) is 10.3 Å². The molecule has 0 saturated carbocycles. The van der Waals surface area contributed by atoms with Crippen molar-refractivity contribution < 1.29 is 23.9 Å². The molecule has 3 aliphatic heterocycles. The largest absolute Gasteiger partial charge is 0.486 e. The van der Waals surface area contributed by atoms with Crippen LogP contribution in [0.4, 0.5) is 4.79 Å². The highest BCUT2D eigenvalue weighted by Crippen LogP contribution is 2.38. The van der Waals surface area contributed by atoms with E-state index < -0.39 is 5.54 Å². The zero-order chi connectivity index (χ0) is 25.1. The molecule has 1 N–H and O–H groups in total. The second kappa shape index (κ2) is 10.2. The maximum Gasteiger partial charge on any atom is 0.325 e. The highest BCUT2D eigenvalue weighted by Gasteiger charge is 2.55. The van der Waals surface area contributed by atoms with Crippen LogP contribution in [0.5, 0.6) is 11.5 Å². The van der Waals surface area contributed by atoms with Crippen molar-refractivity contribution in [3.05, 3.63) is 53.9 Å². The van der Waals surface area contributed by atoms with Gasteiger partial charge in [0.2, 0.25) is 0 Å². The fraction of sp³-hybridized carbons (Fsp3) is 0.481. The lowest BCUT2D eigenvalue weighted by molar-refractivity contribution is -0.134. The van der Waals surface area contributed by atoms with Gasteiger partial charge in [-0.05, 0) is 55.5 Å². The summed E-state index contributed by atoms with van der Waals surface area (Å²) in [6.45, 7) is 4.35. The molecule has 4 heterocycles. The van der Waals surface area contributed by atoms with Gasteiger partial charge in [-0.3, -0.25) is 19.5 Å². The molecule has 3 aliphatic rings. The number of hydrogen-bond donors (Lipinski definition) is 1. The zero-order valence-electron chi connectivity index (χ0n) is 20.6. The van der Waals surface area contributed by atoms with Crippen molar-refractivity contribution >= 4 is 17.8 Å². The van der Waals surface area contributed by atoms with Crippen molar-refractivity contribution in [2.75, 3.05) is 32.8 Å². The first-order valence-corrected chi connectivity index (χ1v) is 12.7. The van der Waals surface area contributed by atoms with E-state index >= 15 is 0 Å². The van der Waals surface area contributed by atoms with Gasteiger partial charge in [-0.15, -0.1) is 0 Å². The summed E-state index contributed by atoms with van der Waals surface area (Å²) in [4.78, 5) is 47.2. The Kier molecular flexibility index (Phi) is 6.80. The number of piperidine rings is 1. The first-order chi connectivity index (χ1) is 17.5. The first-order valence-electron chi connectivity index (χ1n) is 12.7. The summed E-state index contributed by atoms with van der Waals surface area (Å²) >= 11 is 0. The Hall–Kier alpha value is -3.62. The number of hydrogen-bond acceptors (Lipinski definition) is 6. The van der Waals surface area contributed by atoms with Crippen molar-refractivity contribution in [2.45, 2.75) is 44.6 Å². The average molecular weight is 493 g/mol. The fourth-order valence-electron chi connectivity index (χ4n) is 5.60. The Labute approximate surface area is 210 Å². The molecule has 0 unspecified atom stereocenters. The van der Waals surface area contributed by atoms with Crippen LogP contribution in [0.1, 0.15) is 48.7 Å². The van der Waals surface area contributed by atoms with Crippen molar-refractivity contribution in [1.29, 1.82) is 0 Å². The third-order valence-electron chi connectivity index (χ3n) is 7.43. The van der Waals surface area contributed by atoms with E-state index in [9.17, 15) is 14.4 Å². The number of fused-ring (bicyclic) bond motifs is 1. The number of nitrogens with one attached hydrogen (secondary N) is 1. The summed E-state index contributed by atoms with van der Waals surface area (Å²) in [6, 6.07) is 10.6. The second-order valence-corrected chi connectivity index (χ2v) is 9.60. The minimum atomic E-state index is -0.915. The van der Waals surface area contributed by atoms with E-state index in [0.717, 1.165) is 12.1 Å². The summed E-state index contributed by atoms with van der Waals surface area (Å²) in [6.07, 6.45) is 4.88. The van der Waals surface area contributed by atoms with Gasteiger partial charge in [0.1, 0.15) is 18.8 Å². The van der Waals surface area contributed by atoms with Crippen molar-refractivity contribution in [1.82, 2.24) is 20.1 Å². The molecule has 9 nitrogen and oxygen atoms in total. The molecule has 1 atom stereocenters. The van der Waals surface area contributed by atoms with Gasteiger partial charge in [-0.2, -0.15) is 0 Å². The molecular formula is C27H32N4O5. The predicted molar refractivity (Wildman–Crippen MR) is 132 cm³/mol. The molecule has 36 heavy (non-hydrogen) atoms. The number of urea groups is 1. The van der Waals surface area contributed by atoms with Gasteiger partial charge in [0.15, 0.2) is 11.5 Å². The summed E-state index contributed by atoms with van der Waals surface area (Å²) < 4.78 is 11.2. The normalized spacial score (nSPS) is 22.0. The topological polar surface area (TPSA) is 101 Å². The van der Waals surface area contributed by atoms with Gasteiger partial charge in [0.05, 0.1) is 0 Å². The summed E-state index contributed by atoms with van der Waals surface area (Å²) in [5.41, 5.74) is 0.492. The Morgan fingerprint density at radius 1 is 1.11 bits per heavy atom. The molecule has 1 aromatic heterocycles. The number of amides is 4. The molecular weight excluding hydrogens is 460 g/mol. The molecule has 4 amide bonds.